The quantitative estimate of drug-likeness (QED) is 0.336. The van der Waals surface area contributed by atoms with E-state index in [1.807, 2.05) is 5.01 Å². The zero-order valence-corrected chi connectivity index (χ0v) is 20.5. The second-order valence-electron chi connectivity index (χ2n) is 8.25. The van der Waals surface area contributed by atoms with E-state index in [1.54, 1.807) is 22.9 Å². The Kier molecular flexibility index (Phi) is 7.11. The Morgan fingerprint density at radius 1 is 1.14 bits per heavy atom. The van der Waals surface area contributed by atoms with Crippen molar-refractivity contribution in [3.63, 3.8) is 0 Å². The van der Waals surface area contributed by atoms with E-state index in [-0.39, 0.29) is 11.4 Å². The van der Waals surface area contributed by atoms with Gasteiger partial charge in [0.25, 0.3) is 5.56 Å². The van der Waals surface area contributed by atoms with Gasteiger partial charge in [0, 0.05) is 39.1 Å². The Labute approximate surface area is 216 Å². The highest BCUT2D eigenvalue weighted by Crippen LogP contribution is 2.20. The number of rotatable bonds is 5. The predicted molar refractivity (Wildman–Crippen MR) is 141 cm³/mol. The molecule has 4 N–H and O–H groups in total. The summed E-state index contributed by atoms with van der Waals surface area (Å²) in [5.41, 5.74) is 7.18. The predicted octanol–water partition coefficient (Wildman–Crippen LogP) is 1.55. The minimum atomic E-state index is -0.445. The number of nitrogen functional groups attached to an aromatic ring is 1. The van der Waals surface area contributed by atoms with Crippen LogP contribution in [0.3, 0.4) is 0 Å². The summed E-state index contributed by atoms with van der Waals surface area (Å²) in [7, 11) is 0. The first kappa shape index (κ1) is 24.4. The van der Waals surface area contributed by atoms with Crippen LogP contribution in [0.4, 0.5) is 16.0 Å². The molecule has 0 bridgehead atoms. The molecule has 1 aromatic carbocycles. The van der Waals surface area contributed by atoms with Gasteiger partial charge in [0.2, 0.25) is 0 Å². The second kappa shape index (κ2) is 10.8. The highest BCUT2D eigenvalue weighted by molar-refractivity contribution is 6.35. The lowest BCUT2D eigenvalue weighted by Gasteiger charge is -2.32. The van der Waals surface area contributed by atoms with Crippen LogP contribution in [0.15, 0.2) is 47.7 Å². The van der Waals surface area contributed by atoms with Gasteiger partial charge in [0.1, 0.15) is 40.9 Å². The number of hydrogen-bond acceptors (Lipinski definition) is 9. The summed E-state index contributed by atoms with van der Waals surface area (Å²) >= 11 is 6.37. The Bertz CT molecular complexity index is 1560. The second-order valence-corrected chi connectivity index (χ2v) is 8.66. The van der Waals surface area contributed by atoms with Gasteiger partial charge in [0.15, 0.2) is 0 Å². The molecule has 1 aliphatic rings. The van der Waals surface area contributed by atoms with Crippen molar-refractivity contribution in [1.82, 2.24) is 29.9 Å². The molecule has 10 nitrogen and oxygen atoms in total. The van der Waals surface area contributed by atoms with Crippen LogP contribution >= 0.6 is 11.6 Å². The Morgan fingerprint density at radius 3 is 2.76 bits per heavy atom. The van der Waals surface area contributed by atoms with E-state index in [0.717, 1.165) is 19.3 Å². The molecule has 4 aromatic rings. The largest absolute Gasteiger partial charge is 0.382 e. The topological polar surface area (TPSA) is 127 Å². The first-order valence-electron chi connectivity index (χ1n) is 11.7. The van der Waals surface area contributed by atoms with Crippen molar-refractivity contribution in [3.8, 4) is 11.8 Å². The molecule has 1 saturated heterocycles. The van der Waals surface area contributed by atoms with Crippen LogP contribution < -0.4 is 26.9 Å². The number of nitrogens with zero attached hydrogens (tertiary/aromatic N) is 6. The number of nitrogens with two attached hydrogens (primary N) is 1. The molecule has 5 rings (SSSR count). The zero-order chi connectivity index (χ0) is 25.8. The van der Waals surface area contributed by atoms with Crippen molar-refractivity contribution in [2.75, 3.05) is 48.8 Å². The first-order chi connectivity index (χ1) is 18.0. The fraction of sp³-hybridized carbons (Fsp3) is 0.240. The average molecular weight is 520 g/mol. The van der Waals surface area contributed by atoms with Gasteiger partial charge < -0.3 is 21.4 Å². The number of halogens is 2. The van der Waals surface area contributed by atoms with Gasteiger partial charge in [-0.1, -0.05) is 23.6 Å². The lowest BCUT2D eigenvalue weighted by molar-refractivity contribution is 0.467. The van der Waals surface area contributed by atoms with Crippen molar-refractivity contribution in [1.29, 1.82) is 0 Å². The third-order valence-corrected chi connectivity index (χ3v) is 6.14. The summed E-state index contributed by atoms with van der Waals surface area (Å²) in [6, 6.07) is 8.01. The van der Waals surface area contributed by atoms with E-state index >= 15 is 0 Å². The van der Waals surface area contributed by atoms with Gasteiger partial charge in [-0.25, -0.2) is 29.0 Å². The van der Waals surface area contributed by atoms with Crippen molar-refractivity contribution in [3.05, 3.63) is 81.1 Å². The van der Waals surface area contributed by atoms with Gasteiger partial charge >= 0.3 is 0 Å². The van der Waals surface area contributed by atoms with Crippen LogP contribution in [0.1, 0.15) is 17.1 Å². The lowest BCUT2D eigenvalue weighted by atomic mass is 10.2. The molecular weight excluding hydrogens is 497 g/mol. The van der Waals surface area contributed by atoms with E-state index in [2.05, 4.69) is 37.4 Å². The minimum absolute atomic E-state index is 0.197. The Balaban J connectivity index is 1.43. The Hall–Kier alpha value is -4.27. The highest BCUT2D eigenvalue weighted by Gasteiger charge is 2.20. The molecule has 4 heterocycles. The van der Waals surface area contributed by atoms with Crippen molar-refractivity contribution >= 4 is 34.1 Å². The van der Waals surface area contributed by atoms with Crippen LogP contribution in [0, 0.1) is 17.7 Å². The highest BCUT2D eigenvalue weighted by atomic mass is 35.5. The smallest absolute Gasteiger partial charge is 0.281 e. The fourth-order valence-corrected chi connectivity index (χ4v) is 4.31. The monoisotopic (exact) mass is 519 g/mol. The van der Waals surface area contributed by atoms with Gasteiger partial charge in [-0.3, -0.25) is 4.79 Å². The fourth-order valence-electron chi connectivity index (χ4n) is 4.06. The molecule has 0 radical (unpaired) electrons. The zero-order valence-electron chi connectivity index (χ0n) is 19.7. The summed E-state index contributed by atoms with van der Waals surface area (Å²) < 4.78 is 14.8. The van der Waals surface area contributed by atoms with Gasteiger partial charge in [-0.15, -0.1) is 0 Å². The number of fused-ring (bicyclic) bond motifs is 1. The normalized spacial score (nSPS) is 13.3. The molecule has 0 spiro atoms. The number of benzene rings is 1. The molecule has 188 valence electrons. The molecule has 0 amide bonds. The third kappa shape index (κ3) is 5.30. The maximum atomic E-state index is 13.5. The number of pyridine rings is 1. The Morgan fingerprint density at radius 2 is 1.97 bits per heavy atom. The maximum Gasteiger partial charge on any atom is 0.281 e. The number of piperazine rings is 1. The molecule has 1 aliphatic heterocycles. The summed E-state index contributed by atoms with van der Waals surface area (Å²) in [4.78, 5) is 30.5. The SMILES string of the molecule is Nc1ncnc(NCCc2nc3cccc(Cl)c3c(=O)n2N2CCNCC2)c1C#Cc1ccc(F)cn1. The molecule has 0 aliphatic carbocycles. The van der Waals surface area contributed by atoms with Gasteiger partial charge in [-0.2, -0.15) is 0 Å². The molecule has 3 aromatic heterocycles. The molecule has 1 fully saturated rings. The van der Waals surface area contributed by atoms with Crippen LogP contribution in [-0.2, 0) is 6.42 Å². The number of nitrogens with one attached hydrogen (secondary N) is 2. The van der Waals surface area contributed by atoms with E-state index in [0.29, 0.717) is 64.9 Å². The minimum Gasteiger partial charge on any atom is -0.382 e. The summed E-state index contributed by atoms with van der Waals surface area (Å²) in [5.74, 6) is 6.55. The van der Waals surface area contributed by atoms with E-state index in [1.165, 1.54) is 18.5 Å². The maximum absolute atomic E-state index is 13.5. The van der Waals surface area contributed by atoms with Crippen LogP contribution in [0.2, 0.25) is 5.02 Å². The number of hydrogen-bond donors (Lipinski definition) is 3. The third-order valence-electron chi connectivity index (χ3n) is 5.83. The summed E-state index contributed by atoms with van der Waals surface area (Å²) in [5, 5.41) is 9.28. The van der Waals surface area contributed by atoms with Crippen molar-refractivity contribution in [2.45, 2.75) is 6.42 Å². The van der Waals surface area contributed by atoms with Gasteiger partial charge in [-0.05, 0) is 30.2 Å². The van der Waals surface area contributed by atoms with Crippen LogP contribution in [0.5, 0.6) is 0 Å². The van der Waals surface area contributed by atoms with Gasteiger partial charge in [0.05, 0.1) is 22.1 Å². The summed E-state index contributed by atoms with van der Waals surface area (Å²) in [6.45, 7) is 3.24. The first-order valence-corrected chi connectivity index (χ1v) is 12.0. The molecule has 12 heteroatoms. The standard InChI is InChI=1S/C25H23ClFN9O/c26-19-2-1-3-20-22(19)25(37)36(35-12-10-29-11-13-35)21(34-20)8-9-30-24-18(23(28)32-15-33-24)7-6-17-5-4-16(27)14-31-17/h1-5,14-15,29H,8-13H2,(H3,28,30,32,33). The molecule has 37 heavy (non-hydrogen) atoms. The molecule has 0 atom stereocenters. The lowest BCUT2D eigenvalue weighted by Crippen LogP contribution is -2.54. The van der Waals surface area contributed by atoms with E-state index in [9.17, 15) is 9.18 Å². The van der Waals surface area contributed by atoms with Crippen LogP contribution in [-0.4, -0.2) is 57.3 Å². The van der Waals surface area contributed by atoms with E-state index in [4.69, 9.17) is 22.3 Å². The molecular formula is C25H23ClFN9O. The number of anilines is 2. The average Bonchev–Trinajstić information content (AvgIpc) is 2.90. The van der Waals surface area contributed by atoms with E-state index < -0.39 is 5.82 Å². The van der Waals surface area contributed by atoms with Crippen LogP contribution in [0.25, 0.3) is 10.9 Å². The van der Waals surface area contributed by atoms with Crippen molar-refractivity contribution < 1.29 is 4.39 Å². The molecule has 0 unspecified atom stereocenters. The summed E-state index contributed by atoms with van der Waals surface area (Å²) in [6.07, 6.45) is 2.85. The molecule has 0 saturated carbocycles. The number of aromatic nitrogens is 5. The van der Waals surface area contributed by atoms with Crippen molar-refractivity contribution in [2.24, 2.45) is 0 Å².